The van der Waals surface area contributed by atoms with Gasteiger partial charge in [0.1, 0.15) is 6.26 Å². The minimum atomic E-state index is -0.215. The predicted octanol–water partition coefficient (Wildman–Crippen LogP) is 3.52. The van der Waals surface area contributed by atoms with E-state index in [2.05, 4.69) is 51.4 Å². The second-order valence-corrected chi connectivity index (χ2v) is 7.58. The molecule has 29 heavy (non-hydrogen) atoms. The van der Waals surface area contributed by atoms with E-state index in [4.69, 9.17) is 4.42 Å². The van der Waals surface area contributed by atoms with Crippen molar-refractivity contribution < 1.29 is 9.21 Å². The molecule has 1 N–H and O–H groups in total. The van der Waals surface area contributed by atoms with Gasteiger partial charge in [-0.05, 0) is 37.5 Å². The molecule has 1 aromatic carbocycles. The van der Waals surface area contributed by atoms with Crippen molar-refractivity contribution in [1.82, 2.24) is 20.2 Å². The molecule has 0 bridgehead atoms. The van der Waals surface area contributed by atoms with E-state index < -0.39 is 0 Å². The van der Waals surface area contributed by atoms with Gasteiger partial charge in [-0.1, -0.05) is 35.9 Å². The Balaban J connectivity index is 1.31. The predicted molar refractivity (Wildman–Crippen MR) is 110 cm³/mol. The molecule has 0 saturated heterocycles. The van der Waals surface area contributed by atoms with Crippen LogP contribution in [-0.4, -0.2) is 33.4 Å². The molecule has 1 saturated carbocycles. The number of hydrogen-bond acceptors (Lipinski definition) is 5. The molecule has 2 aromatic heterocycles. The molecule has 1 fully saturated rings. The minimum absolute atomic E-state index is 0.215. The average molecular weight is 390 g/mol. The Kier molecular flexibility index (Phi) is 6.00. The third-order valence-corrected chi connectivity index (χ3v) is 5.09. The van der Waals surface area contributed by atoms with Gasteiger partial charge in [0.05, 0.1) is 6.54 Å². The van der Waals surface area contributed by atoms with Crippen LogP contribution in [0.4, 0.5) is 0 Å². The standard InChI is InChI=1S/C23H26N4O2/c1-17-5-7-18(8-6-17)14-27(20-9-10-20)15-22-26-21(16-29-22)23(28)25-13-11-19-4-2-3-12-24-19/h2-8,12,16,20H,9-11,13-15H2,1H3,(H,25,28). The number of nitrogens with one attached hydrogen (secondary N) is 1. The third-order valence-electron chi connectivity index (χ3n) is 5.09. The first-order chi connectivity index (χ1) is 14.2. The largest absolute Gasteiger partial charge is 0.447 e. The summed E-state index contributed by atoms with van der Waals surface area (Å²) in [5.74, 6) is 0.367. The van der Waals surface area contributed by atoms with Crippen LogP contribution in [0.3, 0.4) is 0 Å². The second kappa shape index (κ2) is 9.01. The molecule has 3 aromatic rings. The molecule has 1 aliphatic carbocycles. The molecule has 0 unspecified atom stereocenters. The molecule has 0 radical (unpaired) electrons. The molecule has 2 heterocycles. The van der Waals surface area contributed by atoms with E-state index in [1.165, 1.54) is 30.2 Å². The Hall–Kier alpha value is -2.99. The summed E-state index contributed by atoms with van der Waals surface area (Å²) in [5.41, 5.74) is 3.82. The summed E-state index contributed by atoms with van der Waals surface area (Å²) >= 11 is 0. The molecule has 0 atom stereocenters. The number of carbonyl (C=O) groups is 1. The smallest absolute Gasteiger partial charge is 0.273 e. The Bertz CT molecular complexity index is 933. The summed E-state index contributed by atoms with van der Waals surface area (Å²) in [6.07, 6.45) is 6.29. The van der Waals surface area contributed by atoms with Crippen LogP contribution in [0.5, 0.6) is 0 Å². The lowest BCUT2D eigenvalue weighted by atomic mass is 10.1. The summed E-state index contributed by atoms with van der Waals surface area (Å²) in [4.78, 5) is 23.4. The van der Waals surface area contributed by atoms with Gasteiger partial charge in [-0.3, -0.25) is 14.7 Å². The fourth-order valence-corrected chi connectivity index (χ4v) is 3.28. The van der Waals surface area contributed by atoms with Gasteiger partial charge in [0.15, 0.2) is 5.69 Å². The molecule has 6 heteroatoms. The number of pyridine rings is 1. The van der Waals surface area contributed by atoms with Gasteiger partial charge >= 0.3 is 0 Å². The van der Waals surface area contributed by atoms with Gasteiger partial charge < -0.3 is 9.73 Å². The Labute approximate surface area is 171 Å². The second-order valence-electron chi connectivity index (χ2n) is 7.58. The Morgan fingerprint density at radius 1 is 1.17 bits per heavy atom. The first-order valence-electron chi connectivity index (χ1n) is 10.1. The Morgan fingerprint density at radius 3 is 2.72 bits per heavy atom. The van der Waals surface area contributed by atoms with E-state index in [0.29, 0.717) is 37.1 Å². The lowest BCUT2D eigenvalue weighted by Gasteiger charge is -2.20. The zero-order valence-electron chi connectivity index (χ0n) is 16.7. The third kappa shape index (κ3) is 5.51. The number of hydrogen-bond donors (Lipinski definition) is 1. The van der Waals surface area contributed by atoms with E-state index in [-0.39, 0.29) is 5.91 Å². The van der Waals surface area contributed by atoms with Crippen molar-refractivity contribution in [2.24, 2.45) is 0 Å². The zero-order valence-corrected chi connectivity index (χ0v) is 16.7. The molecule has 1 aliphatic rings. The maximum Gasteiger partial charge on any atom is 0.273 e. The number of nitrogens with zero attached hydrogens (tertiary/aromatic N) is 3. The molecule has 0 aliphatic heterocycles. The first kappa shape index (κ1) is 19.3. The molecule has 1 amide bonds. The van der Waals surface area contributed by atoms with E-state index in [0.717, 1.165) is 12.2 Å². The van der Waals surface area contributed by atoms with Gasteiger partial charge in [0.25, 0.3) is 5.91 Å². The van der Waals surface area contributed by atoms with Crippen molar-refractivity contribution in [3.8, 4) is 0 Å². The minimum Gasteiger partial charge on any atom is -0.447 e. The van der Waals surface area contributed by atoms with Crippen molar-refractivity contribution in [2.75, 3.05) is 6.54 Å². The summed E-state index contributed by atoms with van der Waals surface area (Å²) in [5, 5.41) is 2.88. The molecule has 0 spiro atoms. The van der Waals surface area contributed by atoms with Crippen LogP contribution >= 0.6 is 0 Å². The van der Waals surface area contributed by atoms with E-state index in [1.54, 1.807) is 6.20 Å². The fourth-order valence-electron chi connectivity index (χ4n) is 3.28. The number of rotatable bonds is 9. The van der Waals surface area contributed by atoms with Crippen LogP contribution in [0.15, 0.2) is 59.3 Å². The number of amides is 1. The summed E-state index contributed by atoms with van der Waals surface area (Å²) in [6.45, 7) is 4.08. The number of oxazole rings is 1. The topological polar surface area (TPSA) is 71.3 Å². The van der Waals surface area contributed by atoms with Gasteiger partial charge in [-0.25, -0.2) is 4.98 Å². The van der Waals surface area contributed by atoms with Crippen molar-refractivity contribution in [1.29, 1.82) is 0 Å². The summed E-state index contributed by atoms with van der Waals surface area (Å²) in [6, 6.07) is 14.9. The lowest BCUT2D eigenvalue weighted by molar-refractivity contribution is 0.0949. The van der Waals surface area contributed by atoms with Crippen molar-refractivity contribution in [3.63, 3.8) is 0 Å². The first-order valence-corrected chi connectivity index (χ1v) is 10.1. The normalized spacial score (nSPS) is 13.6. The monoisotopic (exact) mass is 390 g/mol. The number of aryl methyl sites for hydroxylation is 1. The summed E-state index contributed by atoms with van der Waals surface area (Å²) < 4.78 is 5.59. The van der Waals surface area contributed by atoms with Gasteiger partial charge in [-0.15, -0.1) is 0 Å². The van der Waals surface area contributed by atoms with Crippen LogP contribution in [0.25, 0.3) is 0 Å². The highest BCUT2D eigenvalue weighted by atomic mass is 16.3. The van der Waals surface area contributed by atoms with Crippen molar-refractivity contribution >= 4 is 5.91 Å². The van der Waals surface area contributed by atoms with E-state index >= 15 is 0 Å². The van der Waals surface area contributed by atoms with Crippen LogP contribution in [-0.2, 0) is 19.5 Å². The molecular weight excluding hydrogens is 364 g/mol. The van der Waals surface area contributed by atoms with Crippen LogP contribution < -0.4 is 5.32 Å². The Morgan fingerprint density at radius 2 is 2.00 bits per heavy atom. The number of aromatic nitrogens is 2. The average Bonchev–Trinajstić information content (AvgIpc) is 3.48. The maximum atomic E-state index is 12.3. The molecule has 150 valence electrons. The van der Waals surface area contributed by atoms with Crippen LogP contribution in [0.1, 0.15) is 46.0 Å². The van der Waals surface area contributed by atoms with Crippen molar-refractivity contribution in [2.45, 2.75) is 45.3 Å². The number of carbonyl (C=O) groups excluding carboxylic acids is 1. The quantitative estimate of drug-likeness (QED) is 0.605. The van der Waals surface area contributed by atoms with E-state index in [9.17, 15) is 4.79 Å². The summed E-state index contributed by atoms with van der Waals surface area (Å²) in [7, 11) is 0. The van der Waals surface area contributed by atoms with Crippen molar-refractivity contribution in [3.05, 3.63) is 83.3 Å². The van der Waals surface area contributed by atoms with Crippen LogP contribution in [0, 0.1) is 6.92 Å². The maximum absolute atomic E-state index is 12.3. The molecular formula is C23H26N4O2. The van der Waals surface area contributed by atoms with Gasteiger partial charge in [0, 0.05) is 37.4 Å². The molecule has 6 nitrogen and oxygen atoms in total. The number of benzene rings is 1. The van der Waals surface area contributed by atoms with E-state index in [1.807, 2.05) is 18.2 Å². The molecule has 4 rings (SSSR count). The lowest BCUT2D eigenvalue weighted by Crippen LogP contribution is -2.27. The van der Waals surface area contributed by atoms with Gasteiger partial charge in [0.2, 0.25) is 5.89 Å². The highest BCUT2D eigenvalue weighted by Crippen LogP contribution is 2.29. The highest BCUT2D eigenvalue weighted by molar-refractivity contribution is 5.91. The van der Waals surface area contributed by atoms with Gasteiger partial charge in [-0.2, -0.15) is 0 Å². The SMILES string of the molecule is Cc1ccc(CN(Cc2nc(C(=O)NCCc3ccccn3)co2)C2CC2)cc1. The highest BCUT2D eigenvalue weighted by Gasteiger charge is 2.30. The van der Waals surface area contributed by atoms with Crippen LogP contribution in [0.2, 0.25) is 0 Å². The zero-order chi connectivity index (χ0) is 20.1. The fraction of sp³-hybridized carbons (Fsp3) is 0.348.